The van der Waals surface area contributed by atoms with Gasteiger partial charge in [-0.05, 0) is 44.1 Å². The Morgan fingerprint density at radius 2 is 1.93 bits per heavy atom. The van der Waals surface area contributed by atoms with Crippen LogP contribution in [0.4, 0.5) is 0 Å². The highest BCUT2D eigenvalue weighted by Crippen LogP contribution is 2.39. The molecule has 0 bridgehead atoms. The Balaban J connectivity index is 1.78. The Hall–Kier alpha value is -0.0400. The summed E-state index contributed by atoms with van der Waals surface area (Å²) in [7, 11) is 2.17. The summed E-state index contributed by atoms with van der Waals surface area (Å²) >= 11 is 0. The third kappa shape index (κ3) is 2.75. The van der Waals surface area contributed by atoms with Crippen LogP contribution in [0.3, 0.4) is 0 Å². The Morgan fingerprint density at radius 3 is 2.40 bits per heavy atom. The van der Waals surface area contributed by atoms with E-state index in [-0.39, 0.29) is 0 Å². The van der Waals surface area contributed by atoms with Crippen LogP contribution in [-0.2, 0) is 0 Å². The third-order valence-corrected chi connectivity index (χ3v) is 4.91. The second kappa shape index (κ2) is 5.34. The predicted octanol–water partition coefficient (Wildman–Crippen LogP) is 3.59. The van der Waals surface area contributed by atoms with Crippen molar-refractivity contribution in [2.45, 2.75) is 64.3 Å². The molecule has 3 atom stereocenters. The molecular weight excluding hydrogens is 182 g/mol. The predicted molar refractivity (Wildman–Crippen MR) is 65.9 cm³/mol. The van der Waals surface area contributed by atoms with E-state index < -0.39 is 0 Å². The molecule has 0 radical (unpaired) electrons. The van der Waals surface area contributed by atoms with Crippen LogP contribution >= 0.6 is 0 Å². The van der Waals surface area contributed by atoms with Gasteiger partial charge in [0, 0.05) is 6.04 Å². The lowest BCUT2D eigenvalue weighted by Gasteiger charge is -2.32. The van der Waals surface area contributed by atoms with Gasteiger partial charge in [-0.15, -0.1) is 0 Å². The topological polar surface area (TPSA) is 12.0 Å². The fourth-order valence-electron chi connectivity index (χ4n) is 3.48. The average molecular weight is 209 g/mol. The van der Waals surface area contributed by atoms with E-state index in [2.05, 4.69) is 19.3 Å². The van der Waals surface area contributed by atoms with Crippen molar-refractivity contribution >= 4 is 0 Å². The summed E-state index contributed by atoms with van der Waals surface area (Å²) in [5, 5.41) is 3.59. The van der Waals surface area contributed by atoms with Gasteiger partial charge in [-0.2, -0.15) is 0 Å². The summed E-state index contributed by atoms with van der Waals surface area (Å²) in [4.78, 5) is 0. The van der Waals surface area contributed by atoms with Gasteiger partial charge in [0.1, 0.15) is 0 Å². The van der Waals surface area contributed by atoms with Crippen molar-refractivity contribution in [2.75, 3.05) is 7.05 Å². The molecule has 2 aliphatic rings. The maximum atomic E-state index is 3.59. The van der Waals surface area contributed by atoms with E-state index in [0.717, 1.165) is 23.8 Å². The second-order valence-corrected chi connectivity index (χ2v) is 5.78. The Morgan fingerprint density at radius 1 is 1.13 bits per heavy atom. The number of rotatable bonds is 5. The number of nitrogens with one attached hydrogen (secondary N) is 1. The van der Waals surface area contributed by atoms with Gasteiger partial charge in [0.2, 0.25) is 0 Å². The zero-order valence-electron chi connectivity index (χ0n) is 10.5. The Bertz CT molecular complexity index is 186. The molecule has 1 nitrogen and oxygen atoms in total. The van der Waals surface area contributed by atoms with Crippen LogP contribution in [0, 0.1) is 17.8 Å². The summed E-state index contributed by atoms with van der Waals surface area (Å²) in [5.74, 6) is 3.08. The highest BCUT2D eigenvalue weighted by molar-refractivity contribution is 4.86. The molecule has 0 heterocycles. The molecule has 0 aromatic carbocycles. The van der Waals surface area contributed by atoms with Crippen molar-refractivity contribution in [3.05, 3.63) is 0 Å². The molecule has 0 saturated heterocycles. The van der Waals surface area contributed by atoms with E-state index in [1.165, 1.54) is 51.4 Å². The van der Waals surface area contributed by atoms with E-state index in [1.807, 2.05) is 0 Å². The van der Waals surface area contributed by atoms with Crippen molar-refractivity contribution in [1.29, 1.82) is 0 Å². The molecule has 0 aliphatic heterocycles. The first-order chi connectivity index (χ1) is 7.33. The molecule has 1 heteroatoms. The van der Waals surface area contributed by atoms with Crippen LogP contribution in [0.1, 0.15) is 58.3 Å². The molecule has 88 valence electrons. The van der Waals surface area contributed by atoms with E-state index >= 15 is 0 Å². The minimum absolute atomic E-state index is 0.826. The van der Waals surface area contributed by atoms with Crippen molar-refractivity contribution in [2.24, 2.45) is 17.8 Å². The van der Waals surface area contributed by atoms with Crippen LogP contribution < -0.4 is 5.32 Å². The first-order valence-electron chi connectivity index (χ1n) is 7.00. The summed E-state index contributed by atoms with van der Waals surface area (Å²) in [5.41, 5.74) is 0. The van der Waals surface area contributed by atoms with Crippen molar-refractivity contribution in [1.82, 2.24) is 5.32 Å². The molecule has 3 unspecified atom stereocenters. The molecule has 15 heavy (non-hydrogen) atoms. The average Bonchev–Trinajstić information content (AvgIpc) is 2.65. The van der Waals surface area contributed by atoms with Crippen LogP contribution in [0.15, 0.2) is 0 Å². The van der Waals surface area contributed by atoms with Gasteiger partial charge in [-0.25, -0.2) is 0 Å². The maximum Gasteiger partial charge on any atom is 0.00950 e. The van der Waals surface area contributed by atoms with E-state index in [9.17, 15) is 0 Å². The fraction of sp³-hybridized carbons (Fsp3) is 1.00. The number of hydrogen-bond acceptors (Lipinski definition) is 1. The first kappa shape index (κ1) is 11.4. The molecular formula is C14H27N. The zero-order chi connectivity index (χ0) is 10.7. The molecule has 0 spiro atoms. The Labute approximate surface area is 95.0 Å². The fourth-order valence-corrected chi connectivity index (χ4v) is 3.48. The minimum atomic E-state index is 0.826. The lowest BCUT2D eigenvalue weighted by Crippen LogP contribution is -2.35. The quantitative estimate of drug-likeness (QED) is 0.729. The van der Waals surface area contributed by atoms with Gasteiger partial charge in [0.05, 0.1) is 0 Å². The first-order valence-corrected chi connectivity index (χ1v) is 7.00. The standard InChI is InChI=1S/C14H27N/c1-3-11-7-8-13(9-11)14(15-2)10-12-5-4-6-12/h11-15H,3-10H2,1-2H3. The van der Waals surface area contributed by atoms with Crippen molar-refractivity contribution < 1.29 is 0 Å². The largest absolute Gasteiger partial charge is 0.317 e. The van der Waals surface area contributed by atoms with Crippen LogP contribution in [0.25, 0.3) is 0 Å². The zero-order valence-corrected chi connectivity index (χ0v) is 10.5. The van der Waals surface area contributed by atoms with Gasteiger partial charge in [-0.1, -0.05) is 39.0 Å². The normalized spacial score (nSPS) is 34.0. The molecule has 2 fully saturated rings. The van der Waals surface area contributed by atoms with Gasteiger partial charge in [0.15, 0.2) is 0 Å². The highest BCUT2D eigenvalue weighted by atomic mass is 14.9. The van der Waals surface area contributed by atoms with Gasteiger partial charge < -0.3 is 5.32 Å². The van der Waals surface area contributed by atoms with Gasteiger partial charge >= 0.3 is 0 Å². The van der Waals surface area contributed by atoms with Gasteiger partial charge in [0.25, 0.3) is 0 Å². The number of hydrogen-bond donors (Lipinski definition) is 1. The molecule has 0 amide bonds. The summed E-state index contributed by atoms with van der Waals surface area (Å²) < 4.78 is 0. The van der Waals surface area contributed by atoms with E-state index in [0.29, 0.717) is 0 Å². The van der Waals surface area contributed by atoms with Crippen molar-refractivity contribution in [3.63, 3.8) is 0 Å². The third-order valence-electron chi connectivity index (χ3n) is 4.91. The van der Waals surface area contributed by atoms with Crippen LogP contribution in [0.5, 0.6) is 0 Å². The SMILES string of the molecule is CCC1CCC(C(CC2CCC2)NC)C1. The lowest BCUT2D eigenvalue weighted by molar-refractivity contribution is 0.226. The second-order valence-electron chi connectivity index (χ2n) is 5.78. The monoisotopic (exact) mass is 209 g/mol. The van der Waals surface area contributed by atoms with E-state index in [4.69, 9.17) is 0 Å². The summed E-state index contributed by atoms with van der Waals surface area (Å²) in [6, 6.07) is 0.826. The molecule has 2 rings (SSSR count). The Kier molecular flexibility index (Phi) is 4.07. The molecule has 2 aliphatic carbocycles. The van der Waals surface area contributed by atoms with Crippen LogP contribution in [0.2, 0.25) is 0 Å². The van der Waals surface area contributed by atoms with Crippen LogP contribution in [-0.4, -0.2) is 13.1 Å². The van der Waals surface area contributed by atoms with E-state index in [1.54, 1.807) is 0 Å². The molecule has 1 N–H and O–H groups in total. The molecule has 0 aromatic rings. The minimum Gasteiger partial charge on any atom is -0.317 e. The van der Waals surface area contributed by atoms with Crippen molar-refractivity contribution in [3.8, 4) is 0 Å². The highest BCUT2D eigenvalue weighted by Gasteiger charge is 2.31. The molecule has 2 saturated carbocycles. The van der Waals surface area contributed by atoms with Gasteiger partial charge in [-0.3, -0.25) is 0 Å². The smallest absolute Gasteiger partial charge is 0.00950 e. The molecule has 0 aromatic heterocycles. The summed E-state index contributed by atoms with van der Waals surface area (Å²) in [6.45, 7) is 2.35. The lowest BCUT2D eigenvalue weighted by atomic mass is 9.78. The summed E-state index contributed by atoms with van der Waals surface area (Å²) in [6.07, 6.45) is 11.8. The maximum absolute atomic E-state index is 3.59.